The fourth-order valence-electron chi connectivity index (χ4n) is 1.91. The van der Waals surface area contributed by atoms with Gasteiger partial charge >= 0.3 is 0 Å². The SMILES string of the molecule is O=C(C1CCNC1)N1CCSCC1. The zero-order valence-electron chi connectivity index (χ0n) is 7.79. The second kappa shape index (κ2) is 4.33. The quantitative estimate of drug-likeness (QED) is 0.655. The van der Waals surface area contributed by atoms with Crippen LogP contribution in [-0.4, -0.2) is 48.5 Å². The second-order valence-corrected chi connectivity index (χ2v) is 4.85. The predicted octanol–water partition coefficient (Wildman–Crippen LogP) is 0.171. The molecule has 13 heavy (non-hydrogen) atoms. The van der Waals surface area contributed by atoms with Gasteiger partial charge < -0.3 is 10.2 Å². The van der Waals surface area contributed by atoms with Gasteiger partial charge in [0.1, 0.15) is 0 Å². The van der Waals surface area contributed by atoms with Gasteiger partial charge in [0, 0.05) is 31.1 Å². The molecule has 0 aromatic heterocycles. The summed E-state index contributed by atoms with van der Waals surface area (Å²) in [5, 5.41) is 3.24. The third-order valence-electron chi connectivity index (χ3n) is 2.73. The van der Waals surface area contributed by atoms with Gasteiger partial charge in [0.2, 0.25) is 5.91 Å². The Morgan fingerprint density at radius 1 is 1.38 bits per heavy atom. The molecule has 0 aromatic rings. The topological polar surface area (TPSA) is 32.3 Å². The van der Waals surface area contributed by atoms with Gasteiger partial charge in [-0.1, -0.05) is 0 Å². The van der Waals surface area contributed by atoms with E-state index < -0.39 is 0 Å². The van der Waals surface area contributed by atoms with E-state index in [9.17, 15) is 4.79 Å². The Balaban J connectivity index is 1.87. The van der Waals surface area contributed by atoms with Crippen LogP contribution in [0.15, 0.2) is 0 Å². The minimum Gasteiger partial charge on any atom is -0.341 e. The first-order valence-electron chi connectivity index (χ1n) is 4.95. The average molecular weight is 200 g/mol. The van der Waals surface area contributed by atoms with E-state index in [0.29, 0.717) is 5.91 Å². The van der Waals surface area contributed by atoms with Crippen LogP contribution in [0.25, 0.3) is 0 Å². The molecule has 2 aliphatic heterocycles. The van der Waals surface area contributed by atoms with Gasteiger partial charge in [-0.2, -0.15) is 11.8 Å². The van der Waals surface area contributed by atoms with Crippen LogP contribution in [-0.2, 0) is 4.79 Å². The maximum atomic E-state index is 11.9. The van der Waals surface area contributed by atoms with Crippen molar-refractivity contribution in [1.82, 2.24) is 10.2 Å². The number of carbonyl (C=O) groups is 1. The van der Waals surface area contributed by atoms with Gasteiger partial charge in [-0.05, 0) is 13.0 Å². The number of amides is 1. The predicted molar refractivity (Wildman–Crippen MR) is 54.9 cm³/mol. The van der Waals surface area contributed by atoms with Crippen molar-refractivity contribution in [1.29, 1.82) is 0 Å². The lowest BCUT2D eigenvalue weighted by Crippen LogP contribution is -2.42. The molecule has 0 saturated carbocycles. The first-order chi connectivity index (χ1) is 6.38. The zero-order chi connectivity index (χ0) is 9.10. The number of rotatable bonds is 1. The molecule has 2 rings (SSSR count). The molecule has 3 nitrogen and oxygen atoms in total. The van der Waals surface area contributed by atoms with Crippen molar-refractivity contribution < 1.29 is 4.79 Å². The largest absolute Gasteiger partial charge is 0.341 e. The number of nitrogens with zero attached hydrogens (tertiary/aromatic N) is 1. The summed E-state index contributed by atoms with van der Waals surface area (Å²) in [6.07, 6.45) is 1.03. The van der Waals surface area contributed by atoms with Crippen LogP contribution in [0.2, 0.25) is 0 Å². The second-order valence-electron chi connectivity index (χ2n) is 3.63. The summed E-state index contributed by atoms with van der Waals surface area (Å²) in [6.45, 7) is 3.82. The van der Waals surface area contributed by atoms with Gasteiger partial charge in [0.05, 0.1) is 5.92 Å². The van der Waals surface area contributed by atoms with Crippen LogP contribution in [0.5, 0.6) is 0 Å². The number of hydrogen-bond donors (Lipinski definition) is 1. The molecule has 1 unspecified atom stereocenters. The van der Waals surface area contributed by atoms with Gasteiger partial charge in [-0.15, -0.1) is 0 Å². The van der Waals surface area contributed by atoms with Crippen molar-refractivity contribution in [2.75, 3.05) is 37.7 Å². The Bertz CT molecular complexity index is 186. The zero-order valence-corrected chi connectivity index (χ0v) is 8.61. The van der Waals surface area contributed by atoms with E-state index >= 15 is 0 Å². The maximum Gasteiger partial charge on any atom is 0.227 e. The van der Waals surface area contributed by atoms with Crippen LogP contribution in [0, 0.1) is 5.92 Å². The average Bonchev–Trinajstić information content (AvgIpc) is 2.71. The first-order valence-corrected chi connectivity index (χ1v) is 6.10. The maximum absolute atomic E-state index is 11.9. The highest BCUT2D eigenvalue weighted by molar-refractivity contribution is 7.99. The molecule has 4 heteroatoms. The summed E-state index contributed by atoms with van der Waals surface area (Å²) in [6, 6.07) is 0. The summed E-state index contributed by atoms with van der Waals surface area (Å²) < 4.78 is 0. The molecule has 0 spiro atoms. The van der Waals surface area contributed by atoms with Crippen molar-refractivity contribution in [3.05, 3.63) is 0 Å². The van der Waals surface area contributed by atoms with E-state index in [1.807, 2.05) is 16.7 Å². The van der Waals surface area contributed by atoms with E-state index in [1.54, 1.807) is 0 Å². The lowest BCUT2D eigenvalue weighted by molar-refractivity contribution is -0.134. The Kier molecular flexibility index (Phi) is 3.11. The Morgan fingerprint density at radius 2 is 2.15 bits per heavy atom. The fourth-order valence-corrected chi connectivity index (χ4v) is 2.81. The molecule has 1 amide bonds. The summed E-state index contributed by atoms with van der Waals surface area (Å²) in [4.78, 5) is 13.9. The minimum atomic E-state index is 0.267. The summed E-state index contributed by atoms with van der Waals surface area (Å²) in [5.74, 6) is 2.88. The van der Waals surface area contributed by atoms with Gasteiger partial charge in [0.25, 0.3) is 0 Å². The van der Waals surface area contributed by atoms with Crippen molar-refractivity contribution in [3.63, 3.8) is 0 Å². The highest BCUT2D eigenvalue weighted by Crippen LogP contribution is 2.15. The highest BCUT2D eigenvalue weighted by Gasteiger charge is 2.27. The Hall–Kier alpha value is -0.220. The van der Waals surface area contributed by atoms with E-state index in [-0.39, 0.29) is 5.92 Å². The van der Waals surface area contributed by atoms with E-state index in [0.717, 1.165) is 44.1 Å². The fraction of sp³-hybridized carbons (Fsp3) is 0.889. The number of carbonyl (C=O) groups excluding carboxylic acids is 1. The van der Waals surface area contributed by atoms with Crippen LogP contribution < -0.4 is 5.32 Å². The number of nitrogens with one attached hydrogen (secondary N) is 1. The Labute approximate surface area is 83.2 Å². The summed E-state index contributed by atoms with van der Waals surface area (Å²) >= 11 is 1.95. The van der Waals surface area contributed by atoms with Crippen LogP contribution in [0.4, 0.5) is 0 Å². The molecule has 2 heterocycles. The first kappa shape index (κ1) is 9.34. The van der Waals surface area contributed by atoms with Crippen molar-refractivity contribution in [2.24, 2.45) is 5.92 Å². The lowest BCUT2D eigenvalue weighted by Gasteiger charge is -2.28. The lowest BCUT2D eigenvalue weighted by atomic mass is 10.1. The standard InChI is InChI=1S/C9H16N2OS/c12-9(8-1-2-10-7-8)11-3-5-13-6-4-11/h8,10H,1-7H2. The van der Waals surface area contributed by atoms with E-state index in [4.69, 9.17) is 0 Å². The molecule has 0 bridgehead atoms. The monoisotopic (exact) mass is 200 g/mol. The molecule has 2 saturated heterocycles. The molecular formula is C9H16N2OS. The third kappa shape index (κ3) is 2.17. The third-order valence-corrected chi connectivity index (χ3v) is 3.67. The minimum absolute atomic E-state index is 0.267. The molecular weight excluding hydrogens is 184 g/mol. The van der Waals surface area contributed by atoms with Crippen molar-refractivity contribution in [2.45, 2.75) is 6.42 Å². The summed E-state index contributed by atoms with van der Waals surface area (Å²) in [7, 11) is 0. The number of hydrogen-bond acceptors (Lipinski definition) is 3. The van der Waals surface area contributed by atoms with Gasteiger partial charge in [0.15, 0.2) is 0 Å². The van der Waals surface area contributed by atoms with Crippen molar-refractivity contribution in [3.8, 4) is 0 Å². The van der Waals surface area contributed by atoms with Crippen LogP contribution >= 0.6 is 11.8 Å². The van der Waals surface area contributed by atoms with Gasteiger partial charge in [-0.25, -0.2) is 0 Å². The molecule has 2 aliphatic rings. The molecule has 1 N–H and O–H groups in total. The van der Waals surface area contributed by atoms with Gasteiger partial charge in [-0.3, -0.25) is 4.79 Å². The molecule has 1 atom stereocenters. The Morgan fingerprint density at radius 3 is 2.77 bits per heavy atom. The normalized spacial score (nSPS) is 29.2. The van der Waals surface area contributed by atoms with E-state index in [1.165, 1.54) is 0 Å². The number of thioether (sulfide) groups is 1. The van der Waals surface area contributed by atoms with Crippen LogP contribution in [0.1, 0.15) is 6.42 Å². The van der Waals surface area contributed by atoms with E-state index in [2.05, 4.69) is 5.32 Å². The highest BCUT2D eigenvalue weighted by atomic mass is 32.2. The molecule has 0 aliphatic carbocycles. The molecule has 0 aromatic carbocycles. The van der Waals surface area contributed by atoms with Crippen LogP contribution in [0.3, 0.4) is 0 Å². The molecule has 0 radical (unpaired) electrons. The molecule has 2 fully saturated rings. The summed E-state index contributed by atoms with van der Waals surface area (Å²) in [5.41, 5.74) is 0. The smallest absolute Gasteiger partial charge is 0.227 e. The molecule has 74 valence electrons. The van der Waals surface area contributed by atoms with Crippen molar-refractivity contribution >= 4 is 17.7 Å².